The minimum atomic E-state index is -0.826. The van der Waals surface area contributed by atoms with E-state index in [0.29, 0.717) is 13.0 Å². The summed E-state index contributed by atoms with van der Waals surface area (Å²) in [5, 5.41) is 17.8. The van der Waals surface area contributed by atoms with Crippen LogP contribution in [0.3, 0.4) is 0 Å². The molecular formula is C32H32N2O2. The number of benzene rings is 4. The fraction of sp³-hybridized carbons (Fsp3) is 0.188. The lowest BCUT2D eigenvalue weighted by atomic mass is 9.74. The van der Waals surface area contributed by atoms with Crippen molar-refractivity contribution in [2.24, 2.45) is 0 Å². The van der Waals surface area contributed by atoms with Gasteiger partial charge in [-0.1, -0.05) is 128 Å². The molecule has 0 unspecified atom stereocenters. The van der Waals surface area contributed by atoms with E-state index in [1.54, 1.807) is 6.07 Å². The third kappa shape index (κ3) is 5.71. The number of carboxylic acid groups (broad SMARTS) is 1. The van der Waals surface area contributed by atoms with Crippen molar-refractivity contribution in [1.29, 1.82) is 5.26 Å². The standard InChI is InChI=1S/C30H29NO2.C2H3N/c1-2-31(28(29(32)33)23-24-15-7-3-8-16-24)30(25-17-9-4-10-18-25,26-19-11-5-12-20-26)27-21-13-6-14-22-27;1-2-3/h3-22,28H,2,23H2,1H3,(H,32,33);1H3/t28-;/m0./s1. The van der Waals surface area contributed by atoms with E-state index >= 15 is 0 Å². The lowest BCUT2D eigenvalue weighted by Gasteiger charge is -2.48. The van der Waals surface area contributed by atoms with Gasteiger partial charge in [-0.2, -0.15) is 5.26 Å². The van der Waals surface area contributed by atoms with Crippen molar-refractivity contribution in [2.75, 3.05) is 6.54 Å². The lowest BCUT2D eigenvalue weighted by molar-refractivity contribution is -0.145. The normalized spacial score (nSPS) is 11.6. The molecule has 0 aliphatic heterocycles. The van der Waals surface area contributed by atoms with Gasteiger partial charge in [-0.05, 0) is 35.2 Å². The van der Waals surface area contributed by atoms with Crippen molar-refractivity contribution in [2.45, 2.75) is 31.8 Å². The minimum Gasteiger partial charge on any atom is -0.480 e. The van der Waals surface area contributed by atoms with Crippen LogP contribution in [0.25, 0.3) is 0 Å². The number of likely N-dealkylation sites (N-methyl/N-ethyl adjacent to an activating group) is 1. The predicted octanol–water partition coefficient (Wildman–Crippen LogP) is 6.53. The van der Waals surface area contributed by atoms with Crippen LogP contribution in [0.1, 0.15) is 36.1 Å². The third-order valence-corrected chi connectivity index (χ3v) is 6.28. The van der Waals surface area contributed by atoms with Gasteiger partial charge in [-0.3, -0.25) is 9.69 Å². The summed E-state index contributed by atoms with van der Waals surface area (Å²) < 4.78 is 0. The molecule has 1 atom stereocenters. The molecule has 0 spiro atoms. The number of hydrogen-bond acceptors (Lipinski definition) is 3. The van der Waals surface area contributed by atoms with Crippen LogP contribution in [0.2, 0.25) is 0 Å². The zero-order valence-electron chi connectivity index (χ0n) is 20.8. The lowest BCUT2D eigenvalue weighted by Crippen LogP contribution is -2.56. The Balaban J connectivity index is 0.00000115. The van der Waals surface area contributed by atoms with Gasteiger partial charge >= 0.3 is 5.97 Å². The maximum absolute atomic E-state index is 12.8. The van der Waals surface area contributed by atoms with Crippen LogP contribution in [0.5, 0.6) is 0 Å². The summed E-state index contributed by atoms with van der Waals surface area (Å²) in [7, 11) is 0. The second-order valence-corrected chi connectivity index (χ2v) is 8.36. The van der Waals surface area contributed by atoms with Crippen LogP contribution in [0.15, 0.2) is 121 Å². The van der Waals surface area contributed by atoms with Crippen LogP contribution < -0.4 is 0 Å². The summed E-state index contributed by atoms with van der Waals surface area (Å²) >= 11 is 0. The van der Waals surface area contributed by atoms with E-state index in [2.05, 4.69) is 41.3 Å². The highest BCUT2D eigenvalue weighted by Gasteiger charge is 2.46. The number of nitrogens with zero attached hydrogens (tertiary/aromatic N) is 2. The van der Waals surface area contributed by atoms with Crippen molar-refractivity contribution in [3.63, 3.8) is 0 Å². The summed E-state index contributed by atoms with van der Waals surface area (Å²) in [4.78, 5) is 14.9. The first-order valence-corrected chi connectivity index (χ1v) is 12.1. The second kappa shape index (κ2) is 13.0. The highest BCUT2D eigenvalue weighted by atomic mass is 16.4. The Bertz CT molecular complexity index is 1140. The molecule has 0 aromatic heterocycles. The molecular weight excluding hydrogens is 444 g/mol. The maximum atomic E-state index is 12.8. The zero-order chi connectivity index (χ0) is 25.8. The van der Waals surface area contributed by atoms with Crippen molar-refractivity contribution in [1.82, 2.24) is 4.90 Å². The molecule has 0 aliphatic carbocycles. The molecule has 0 bridgehead atoms. The Morgan fingerprint density at radius 3 is 1.42 bits per heavy atom. The summed E-state index contributed by atoms with van der Waals surface area (Å²) in [5.74, 6) is -0.826. The number of nitriles is 1. The van der Waals surface area contributed by atoms with Gasteiger partial charge in [0.15, 0.2) is 0 Å². The predicted molar refractivity (Wildman–Crippen MR) is 144 cm³/mol. The van der Waals surface area contributed by atoms with Gasteiger partial charge in [0.05, 0.1) is 11.6 Å². The summed E-state index contributed by atoms with van der Waals surface area (Å²) in [6.45, 7) is 4.03. The summed E-state index contributed by atoms with van der Waals surface area (Å²) in [5.41, 5.74) is 3.37. The molecule has 0 fully saturated rings. The van der Waals surface area contributed by atoms with Crippen LogP contribution in [-0.2, 0) is 16.8 Å². The quantitative estimate of drug-likeness (QED) is 0.279. The fourth-order valence-corrected chi connectivity index (χ4v) is 4.90. The first-order valence-electron chi connectivity index (χ1n) is 12.1. The number of carboxylic acids is 1. The molecule has 0 heterocycles. The number of hydrogen-bond donors (Lipinski definition) is 1. The van der Waals surface area contributed by atoms with Crippen molar-refractivity contribution in [3.05, 3.63) is 144 Å². The molecule has 4 rings (SSSR count). The molecule has 0 saturated carbocycles. The van der Waals surface area contributed by atoms with Gasteiger partial charge in [0.2, 0.25) is 0 Å². The minimum absolute atomic E-state index is 0.415. The van der Waals surface area contributed by atoms with Gasteiger partial charge in [0, 0.05) is 6.92 Å². The Morgan fingerprint density at radius 1 is 0.778 bits per heavy atom. The van der Waals surface area contributed by atoms with E-state index in [0.717, 1.165) is 22.3 Å². The largest absolute Gasteiger partial charge is 0.480 e. The average molecular weight is 477 g/mol. The molecule has 1 N–H and O–H groups in total. The van der Waals surface area contributed by atoms with E-state index in [9.17, 15) is 9.90 Å². The second-order valence-electron chi connectivity index (χ2n) is 8.36. The van der Waals surface area contributed by atoms with E-state index in [-0.39, 0.29) is 0 Å². The van der Waals surface area contributed by atoms with Gasteiger partial charge in [-0.25, -0.2) is 0 Å². The van der Waals surface area contributed by atoms with Crippen LogP contribution in [0.4, 0.5) is 0 Å². The van der Waals surface area contributed by atoms with Crippen LogP contribution >= 0.6 is 0 Å². The number of rotatable bonds is 9. The van der Waals surface area contributed by atoms with Crippen LogP contribution in [0, 0.1) is 11.3 Å². The molecule has 0 saturated heterocycles. The highest BCUT2D eigenvalue weighted by molar-refractivity contribution is 5.74. The molecule has 36 heavy (non-hydrogen) atoms. The fourth-order valence-electron chi connectivity index (χ4n) is 4.90. The average Bonchev–Trinajstić information content (AvgIpc) is 2.93. The smallest absolute Gasteiger partial charge is 0.321 e. The Morgan fingerprint density at radius 2 is 1.11 bits per heavy atom. The molecule has 4 aromatic rings. The molecule has 4 aromatic carbocycles. The highest BCUT2D eigenvalue weighted by Crippen LogP contribution is 2.43. The first-order chi connectivity index (χ1) is 17.6. The first kappa shape index (κ1) is 26.4. The van der Waals surface area contributed by atoms with E-state index < -0.39 is 17.6 Å². The third-order valence-electron chi connectivity index (χ3n) is 6.28. The maximum Gasteiger partial charge on any atom is 0.321 e. The summed E-state index contributed by atoms with van der Waals surface area (Å²) in [6, 6.07) is 41.7. The SMILES string of the molecule is CC#N.CCN([C@@H](Cc1ccccc1)C(=O)O)C(c1ccccc1)(c1ccccc1)c1ccccc1. The molecule has 4 heteroatoms. The monoisotopic (exact) mass is 476 g/mol. The van der Waals surface area contributed by atoms with Crippen molar-refractivity contribution >= 4 is 5.97 Å². The summed E-state index contributed by atoms with van der Waals surface area (Å²) in [6.07, 6.45) is 0.415. The van der Waals surface area contributed by atoms with Crippen molar-refractivity contribution in [3.8, 4) is 6.07 Å². The Labute approximate surface area is 214 Å². The number of carbonyl (C=O) groups is 1. The molecule has 0 radical (unpaired) electrons. The van der Waals surface area contributed by atoms with Gasteiger partial charge in [0.1, 0.15) is 6.04 Å². The zero-order valence-corrected chi connectivity index (χ0v) is 20.8. The Hall–Kier alpha value is -4.20. The van der Waals surface area contributed by atoms with Gasteiger partial charge in [0.25, 0.3) is 0 Å². The molecule has 4 nitrogen and oxygen atoms in total. The molecule has 0 amide bonds. The molecule has 182 valence electrons. The van der Waals surface area contributed by atoms with Gasteiger partial charge in [-0.15, -0.1) is 0 Å². The number of aliphatic carboxylic acids is 1. The van der Waals surface area contributed by atoms with E-state index in [4.69, 9.17) is 5.26 Å². The van der Waals surface area contributed by atoms with Gasteiger partial charge < -0.3 is 5.11 Å². The molecule has 0 aliphatic rings. The van der Waals surface area contributed by atoms with Crippen molar-refractivity contribution < 1.29 is 9.90 Å². The Kier molecular flexibility index (Phi) is 9.56. The van der Waals surface area contributed by atoms with Crippen LogP contribution in [-0.4, -0.2) is 28.6 Å². The van der Waals surface area contributed by atoms with E-state index in [1.165, 1.54) is 6.92 Å². The topological polar surface area (TPSA) is 64.3 Å². The van der Waals surface area contributed by atoms with E-state index in [1.807, 2.05) is 91.9 Å².